The van der Waals surface area contributed by atoms with Crippen LogP contribution in [0.5, 0.6) is 0 Å². The highest BCUT2D eigenvalue weighted by Gasteiger charge is 2.36. The Balaban J connectivity index is 1.39. The van der Waals surface area contributed by atoms with Crippen LogP contribution in [0.2, 0.25) is 0 Å². The second-order valence-electron chi connectivity index (χ2n) is 8.77. The van der Waals surface area contributed by atoms with E-state index in [0.29, 0.717) is 29.9 Å². The largest absolute Gasteiger partial charge is 0.334 e. The third-order valence-electron chi connectivity index (χ3n) is 6.84. The summed E-state index contributed by atoms with van der Waals surface area (Å²) in [5, 5.41) is 0. The van der Waals surface area contributed by atoms with E-state index >= 15 is 0 Å². The molecular weight excluding hydrogens is 394 g/mol. The van der Waals surface area contributed by atoms with E-state index in [1.54, 1.807) is 29.4 Å². The van der Waals surface area contributed by atoms with Gasteiger partial charge in [-0.25, -0.2) is 4.98 Å². The summed E-state index contributed by atoms with van der Waals surface area (Å²) in [5.74, 6) is 0.816. The van der Waals surface area contributed by atoms with Crippen LogP contribution in [0.15, 0.2) is 29.3 Å². The molecule has 2 fully saturated rings. The Morgan fingerprint density at radius 3 is 2.71 bits per heavy atom. The number of carbonyl (C=O) groups is 2. The van der Waals surface area contributed by atoms with Crippen molar-refractivity contribution in [1.82, 2.24) is 24.8 Å². The van der Waals surface area contributed by atoms with Crippen molar-refractivity contribution in [3.05, 3.63) is 57.5 Å². The van der Waals surface area contributed by atoms with E-state index in [4.69, 9.17) is 4.98 Å². The molecule has 2 aliphatic heterocycles. The summed E-state index contributed by atoms with van der Waals surface area (Å²) < 4.78 is 0. The molecular formula is C23H27N5O3. The molecule has 31 heavy (non-hydrogen) atoms. The highest BCUT2D eigenvalue weighted by molar-refractivity contribution is 5.94. The van der Waals surface area contributed by atoms with E-state index in [0.717, 1.165) is 50.8 Å². The molecule has 8 heteroatoms. The molecule has 0 spiro atoms. The molecule has 2 aromatic heterocycles. The van der Waals surface area contributed by atoms with Gasteiger partial charge in [-0.15, -0.1) is 0 Å². The van der Waals surface area contributed by atoms with E-state index in [9.17, 15) is 14.4 Å². The molecule has 0 bridgehead atoms. The Morgan fingerprint density at radius 1 is 1.10 bits per heavy atom. The molecule has 162 valence electrons. The Hall–Kier alpha value is -3.03. The van der Waals surface area contributed by atoms with Gasteiger partial charge in [-0.1, -0.05) is 6.42 Å². The molecule has 1 atom stereocenters. The third-order valence-corrected chi connectivity index (χ3v) is 6.84. The maximum Gasteiger partial charge on any atom is 0.256 e. The van der Waals surface area contributed by atoms with Gasteiger partial charge in [0.2, 0.25) is 5.91 Å². The van der Waals surface area contributed by atoms with E-state index in [1.165, 1.54) is 0 Å². The normalized spacial score (nSPS) is 21.4. The minimum absolute atomic E-state index is 0.133. The first-order valence-corrected chi connectivity index (χ1v) is 11.2. The Morgan fingerprint density at radius 2 is 1.97 bits per heavy atom. The van der Waals surface area contributed by atoms with Crippen LogP contribution in [0.1, 0.15) is 72.0 Å². The maximum absolute atomic E-state index is 13.0. The number of rotatable bonds is 3. The van der Waals surface area contributed by atoms with E-state index in [1.807, 2.05) is 4.90 Å². The summed E-state index contributed by atoms with van der Waals surface area (Å²) in [6.07, 6.45) is 9.60. The zero-order chi connectivity index (χ0) is 21.4. The smallest absolute Gasteiger partial charge is 0.256 e. The highest BCUT2D eigenvalue weighted by Crippen LogP contribution is 2.35. The van der Waals surface area contributed by atoms with Crippen molar-refractivity contribution in [2.24, 2.45) is 5.92 Å². The van der Waals surface area contributed by atoms with E-state index < -0.39 is 0 Å². The molecule has 2 aromatic rings. The quantitative estimate of drug-likeness (QED) is 0.819. The standard InChI is InChI=1S/C23H27N5O3/c29-21-17-14-27(22(30)16-7-4-10-24-13-16)12-9-18(17)25-20(26-21)19-8-1-2-11-28(19)23(31)15-5-3-6-15/h4,7,10,13,15,19H,1-3,5-6,8-9,11-12,14H2,(H,25,26,29)/t19-/m0/s1. The summed E-state index contributed by atoms with van der Waals surface area (Å²) in [5.41, 5.74) is 1.60. The zero-order valence-electron chi connectivity index (χ0n) is 17.5. The van der Waals surface area contributed by atoms with Gasteiger partial charge in [-0.3, -0.25) is 19.4 Å². The minimum Gasteiger partial charge on any atom is -0.334 e. The SMILES string of the molecule is O=C(c1cccnc1)N1CCc2nc([C@@H]3CCCCN3C(=O)C3CCC3)[nH]c(=O)c2C1. The molecule has 1 aliphatic carbocycles. The molecule has 5 rings (SSSR count). The van der Waals surface area contributed by atoms with Crippen LogP contribution < -0.4 is 5.56 Å². The number of fused-ring (bicyclic) bond motifs is 1. The van der Waals surface area contributed by atoms with Gasteiger partial charge in [0, 0.05) is 37.8 Å². The summed E-state index contributed by atoms with van der Waals surface area (Å²) in [4.78, 5) is 54.0. The molecule has 0 unspecified atom stereocenters. The number of hydrogen-bond donors (Lipinski definition) is 1. The summed E-state index contributed by atoms with van der Waals surface area (Å²) >= 11 is 0. The van der Waals surface area contributed by atoms with E-state index in [2.05, 4.69) is 9.97 Å². The topological polar surface area (TPSA) is 99.3 Å². The Bertz CT molecular complexity index is 1050. The van der Waals surface area contributed by atoms with E-state index in [-0.39, 0.29) is 35.9 Å². The van der Waals surface area contributed by atoms with Crippen molar-refractivity contribution in [2.45, 2.75) is 57.5 Å². The fourth-order valence-electron chi connectivity index (χ4n) is 4.82. The molecule has 4 heterocycles. The molecule has 1 N–H and O–H groups in total. The van der Waals surface area contributed by atoms with Gasteiger partial charge in [0.05, 0.1) is 29.4 Å². The van der Waals surface area contributed by atoms with Crippen LogP contribution in [-0.2, 0) is 17.8 Å². The van der Waals surface area contributed by atoms with Crippen molar-refractivity contribution in [1.29, 1.82) is 0 Å². The van der Waals surface area contributed by atoms with Crippen LogP contribution in [0, 0.1) is 5.92 Å². The number of aromatic amines is 1. The Kier molecular flexibility index (Phi) is 5.29. The zero-order valence-corrected chi connectivity index (χ0v) is 17.5. The van der Waals surface area contributed by atoms with Gasteiger partial charge in [-0.05, 0) is 44.2 Å². The first-order valence-electron chi connectivity index (χ1n) is 11.2. The third kappa shape index (κ3) is 3.75. The van der Waals surface area contributed by atoms with Gasteiger partial charge in [0.1, 0.15) is 5.82 Å². The van der Waals surface area contributed by atoms with Gasteiger partial charge >= 0.3 is 0 Å². The fraction of sp³-hybridized carbons (Fsp3) is 0.522. The maximum atomic E-state index is 13.0. The molecule has 2 amide bonds. The van der Waals surface area contributed by atoms with Crippen molar-refractivity contribution in [2.75, 3.05) is 13.1 Å². The molecule has 0 radical (unpaired) electrons. The minimum atomic E-state index is -0.203. The predicted molar refractivity (Wildman–Crippen MR) is 113 cm³/mol. The summed E-state index contributed by atoms with van der Waals surface area (Å²) in [6, 6.07) is 3.30. The number of likely N-dealkylation sites (tertiary alicyclic amines) is 1. The number of aromatic nitrogens is 3. The first kappa shape index (κ1) is 19.9. The number of nitrogens with zero attached hydrogens (tertiary/aromatic N) is 4. The van der Waals surface area contributed by atoms with Gasteiger partial charge < -0.3 is 14.8 Å². The van der Waals surface area contributed by atoms with Crippen molar-refractivity contribution < 1.29 is 9.59 Å². The van der Waals surface area contributed by atoms with Crippen molar-refractivity contribution in [3.63, 3.8) is 0 Å². The van der Waals surface area contributed by atoms with Crippen LogP contribution in [0.3, 0.4) is 0 Å². The second kappa shape index (κ2) is 8.24. The lowest BCUT2D eigenvalue weighted by atomic mass is 9.83. The van der Waals surface area contributed by atoms with Crippen LogP contribution in [0.4, 0.5) is 0 Å². The van der Waals surface area contributed by atoms with Crippen molar-refractivity contribution >= 4 is 11.8 Å². The average Bonchev–Trinajstić information content (AvgIpc) is 2.77. The number of H-pyrrole nitrogens is 1. The lowest BCUT2D eigenvalue weighted by Crippen LogP contribution is -2.45. The lowest BCUT2D eigenvalue weighted by Gasteiger charge is -2.39. The molecule has 0 aromatic carbocycles. The molecule has 1 saturated heterocycles. The number of hydrogen-bond acceptors (Lipinski definition) is 5. The average molecular weight is 422 g/mol. The summed E-state index contributed by atoms with van der Waals surface area (Å²) in [6.45, 7) is 1.47. The first-order chi connectivity index (χ1) is 15.1. The monoisotopic (exact) mass is 421 g/mol. The van der Waals surface area contributed by atoms with Gasteiger partial charge in [0.15, 0.2) is 0 Å². The van der Waals surface area contributed by atoms with Crippen LogP contribution >= 0.6 is 0 Å². The fourth-order valence-corrected chi connectivity index (χ4v) is 4.82. The van der Waals surface area contributed by atoms with Gasteiger partial charge in [-0.2, -0.15) is 0 Å². The molecule has 1 saturated carbocycles. The predicted octanol–water partition coefficient (Wildman–Crippen LogP) is 2.22. The molecule has 3 aliphatic rings. The summed E-state index contributed by atoms with van der Waals surface area (Å²) in [7, 11) is 0. The highest BCUT2D eigenvalue weighted by atomic mass is 16.2. The van der Waals surface area contributed by atoms with Crippen LogP contribution in [-0.4, -0.2) is 49.7 Å². The van der Waals surface area contributed by atoms with Gasteiger partial charge in [0.25, 0.3) is 11.5 Å². The molecule has 8 nitrogen and oxygen atoms in total. The van der Waals surface area contributed by atoms with Crippen LogP contribution in [0.25, 0.3) is 0 Å². The van der Waals surface area contributed by atoms with Crippen molar-refractivity contribution in [3.8, 4) is 0 Å². The number of amides is 2. The second-order valence-corrected chi connectivity index (χ2v) is 8.77. The number of piperidine rings is 1. The Labute approximate surface area is 180 Å². The number of nitrogens with one attached hydrogen (secondary N) is 1. The number of carbonyl (C=O) groups excluding carboxylic acids is 2. The number of pyridine rings is 1. The lowest BCUT2D eigenvalue weighted by molar-refractivity contribution is -0.142.